The molecule has 0 aliphatic carbocycles. The molecule has 0 aromatic heterocycles. The summed E-state index contributed by atoms with van der Waals surface area (Å²) in [6, 6.07) is 9.48. The van der Waals surface area contributed by atoms with Gasteiger partial charge in [0.2, 0.25) is 10.0 Å². The van der Waals surface area contributed by atoms with Gasteiger partial charge in [-0.05, 0) is 17.4 Å². The van der Waals surface area contributed by atoms with Gasteiger partial charge < -0.3 is 5.11 Å². The second kappa shape index (κ2) is 6.50. The Balaban J connectivity index is 2.45. The Labute approximate surface area is 115 Å². The summed E-state index contributed by atoms with van der Waals surface area (Å²) in [5, 5.41) is 9.81. The molecule has 1 aromatic rings. The van der Waals surface area contributed by atoms with Crippen molar-refractivity contribution >= 4 is 10.0 Å². The van der Waals surface area contributed by atoms with Gasteiger partial charge in [-0.15, -0.1) is 0 Å². The van der Waals surface area contributed by atoms with Crippen molar-refractivity contribution < 1.29 is 13.5 Å². The molecule has 1 atom stereocenters. The summed E-state index contributed by atoms with van der Waals surface area (Å²) in [6.07, 6.45) is -0.221. The first-order valence-electron chi connectivity index (χ1n) is 6.40. The van der Waals surface area contributed by atoms with Gasteiger partial charge in [0.25, 0.3) is 0 Å². The maximum absolute atomic E-state index is 11.8. The van der Waals surface area contributed by atoms with Crippen LogP contribution in [-0.2, 0) is 16.4 Å². The predicted octanol–water partition coefficient (Wildman–Crippen LogP) is 1.56. The van der Waals surface area contributed by atoms with Crippen LogP contribution in [0.5, 0.6) is 0 Å². The van der Waals surface area contributed by atoms with Gasteiger partial charge in [0.15, 0.2) is 0 Å². The first kappa shape index (κ1) is 16.1. The van der Waals surface area contributed by atoms with E-state index in [4.69, 9.17) is 0 Å². The Hall–Kier alpha value is -0.910. The predicted molar refractivity (Wildman–Crippen MR) is 77.4 cm³/mol. The van der Waals surface area contributed by atoms with E-state index in [1.54, 1.807) is 0 Å². The standard InChI is InChI=1S/C14H23NO3S/c1-14(2,3)13(16)11-15-19(17,18)10-9-12-7-5-4-6-8-12/h4-8,13,15-16H,9-11H2,1-3H3/t13-/m0/s1. The van der Waals surface area contributed by atoms with E-state index in [0.29, 0.717) is 6.42 Å². The lowest BCUT2D eigenvalue weighted by atomic mass is 9.89. The molecule has 1 aromatic carbocycles. The summed E-state index contributed by atoms with van der Waals surface area (Å²) >= 11 is 0. The van der Waals surface area contributed by atoms with E-state index < -0.39 is 16.1 Å². The molecule has 2 N–H and O–H groups in total. The van der Waals surface area contributed by atoms with Gasteiger partial charge in [-0.25, -0.2) is 13.1 Å². The third-order valence-corrected chi connectivity index (χ3v) is 4.35. The summed E-state index contributed by atoms with van der Waals surface area (Å²) in [7, 11) is -3.35. The normalized spacial score (nSPS) is 14.3. The average Bonchev–Trinajstić information content (AvgIpc) is 2.34. The second-order valence-corrected chi connectivity index (χ2v) is 7.71. The van der Waals surface area contributed by atoms with Gasteiger partial charge >= 0.3 is 0 Å². The molecule has 0 saturated heterocycles. The molecule has 0 bridgehead atoms. The smallest absolute Gasteiger partial charge is 0.212 e. The summed E-state index contributed by atoms with van der Waals surface area (Å²) in [6.45, 7) is 5.67. The van der Waals surface area contributed by atoms with E-state index in [9.17, 15) is 13.5 Å². The number of rotatable bonds is 6. The quantitative estimate of drug-likeness (QED) is 0.833. The topological polar surface area (TPSA) is 66.4 Å². The number of aliphatic hydroxyl groups is 1. The van der Waals surface area contributed by atoms with Crippen molar-refractivity contribution in [2.45, 2.75) is 33.3 Å². The van der Waals surface area contributed by atoms with Crippen molar-refractivity contribution in [3.63, 3.8) is 0 Å². The fourth-order valence-corrected chi connectivity index (χ4v) is 2.54. The first-order chi connectivity index (χ1) is 8.71. The summed E-state index contributed by atoms with van der Waals surface area (Å²) in [5.41, 5.74) is 0.659. The van der Waals surface area contributed by atoms with Crippen molar-refractivity contribution in [1.82, 2.24) is 4.72 Å². The third-order valence-electron chi connectivity index (χ3n) is 3.00. The maximum Gasteiger partial charge on any atom is 0.212 e. The highest BCUT2D eigenvalue weighted by Crippen LogP contribution is 2.18. The Morgan fingerprint density at radius 3 is 2.32 bits per heavy atom. The number of aryl methyl sites for hydroxylation is 1. The average molecular weight is 285 g/mol. The number of benzene rings is 1. The van der Waals surface area contributed by atoms with E-state index >= 15 is 0 Å². The van der Waals surface area contributed by atoms with E-state index in [0.717, 1.165) is 5.56 Å². The number of aliphatic hydroxyl groups excluding tert-OH is 1. The van der Waals surface area contributed by atoms with E-state index in [-0.39, 0.29) is 17.7 Å². The van der Waals surface area contributed by atoms with E-state index in [1.807, 2.05) is 51.1 Å². The number of nitrogens with one attached hydrogen (secondary N) is 1. The number of hydrogen-bond acceptors (Lipinski definition) is 3. The van der Waals surface area contributed by atoms with Gasteiger partial charge in [-0.2, -0.15) is 0 Å². The molecular weight excluding hydrogens is 262 g/mol. The fraction of sp³-hybridized carbons (Fsp3) is 0.571. The molecule has 1 rings (SSSR count). The van der Waals surface area contributed by atoms with Gasteiger partial charge in [0.1, 0.15) is 0 Å². The largest absolute Gasteiger partial charge is 0.391 e. The molecule has 5 heteroatoms. The zero-order valence-corrected chi connectivity index (χ0v) is 12.6. The third kappa shape index (κ3) is 6.18. The molecular formula is C14H23NO3S. The lowest BCUT2D eigenvalue weighted by Crippen LogP contribution is -2.40. The van der Waals surface area contributed by atoms with E-state index in [2.05, 4.69) is 4.72 Å². The second-order valence-electron chi connectivity index (χ2n) is 5.78. The Morgan fingerprint density at radius 2 is 1.79 bits per heavy atom. The van der Waals surface area contributed by atoms with Crippen LogP contribution in [0.3, 0.4) is 0 Å². The molecule has 0 saturated carbocycles. The molecule has 0 heterocycles. The van der Waals surface area contributed by atoms with Crippen LogP contribution in [-0.4, -0.2) is 31.9 Å². The van der Waals surface area contributed by atoms with Crippen LogP contribution < -0.4 is 4.72 Å². The van der Waals surface area contributed by atoms with Crippen LogP contribution >= 0.6 is 0 Å². The SMILES string of the molecule is CC(C)(C)[C@@H](O)CNS(=O)(=O)CCc1ccccc1. The van der Waals surface area contributed by atoms with Crippen LogP contribution in [0, 0.1) is 5.41 Å². The van der Waals surface area contributed by atoms with Crippen molar-refractivity contribution in [2.75, 3.05) is 12.3 Å². The van der Waals surface area contributed by atoms with E-state index in [1.165, 1.54) is 0 Å². The number of hydrogen-bond donors (Lipinski definition) is 2. The molecule has 0 aliphatic rings. The van der Waals surface area contributed by atoms with Crippen molar-refractivity contribution in [3.8, 4) is 0 Å². The first-order valence-corrected chi connectivity index (χ1v) is 8.05. The minimum absolute atomic E-state index is 0.0356. The fourth-order valence-electron chi connectivity index (χ4n) is 1.48. The van der Waals surface area contributed by atoms with Gasteiger partial charge in [0, 0.05) is 6.54 Å². The minimum atomic E-state index is -3.35. The maximum atomic E-state index is 11.8. The van der Waals surface area contributed by atoms with Crippen molar-refractivity contribution in [1.29, 1.82) is 0 Å². The van der Waals surface area contributed by atoms with Crippen molar-refractivity contribution in [3.05, 3.63) is 35.9 Å². The Morgan fingerprint density at radius 1 is 1.21 bits per heavy atom. The highest BCUT2D eigenvalue weighted by Gasteiger charge is 2.23. The molecule has 19 heavy (non-hydrogen) atoms. The van der Waals surface area contributed by atoms with Crippen LogP contribution in [0.4, 0.5) is 0 Å². The molecule has 4 nitrogen and oxygen atoms in total. The van der Waals surface area contributed by atoms with Gasteiger partial charge in [0.05, 0.1) is 11.9 Å². The summed E-state index contributed by atoms with van der Waals surface area (Å²) in [5.74, 6) is 0.0356. The van der Waals surface area contributed by atoms with Crippen LogP contribution in [0.2, 0.25) is 0 Å². The lowest BCUT2D eigenvalue weighted by molar-refractivity contribution is 0.0677. The lowest BCUT2D eigenvalue weighted by Gasteiger charge is -2.25. The monoisotopic (exact) mass is 285 g/mol. The summed E-state index contributed by atoms with van der Waals surface area (Å²) in [4.78, 5) is 0. The van der Waals surface area contributed by atoms with Gasteiger partial charge in [-0.3, -0.25) is 0 Å². The zero-order valence-electron chi connectivity index (χ0n) is 11.8. The van der Waals surface area contributed by atoms with Crippen LogP contribution in [0.15, 0.2) is 30.3 Å². The summed E-state index contributed by atoms with van der Waals surface area (Å²) < 4.78 is 26.1. The van der Waals surface area contributed by atoms with Crippen LogP contribution in [0.25, 0.3) is 0 Å². The van der Waals surface area contributed by atoms with Crippen molar-refractivity contribution in [2.24, 2.45) is 5.41 Å². The number of sulfonamides is 1. The molecule has 0 fully saturated rings. The van der Waals surface area contributed by atoms with Crippen LogP contribution in [0.1, 0.15) is 26.3 Å². The van der Waals surface area contributed by atoms with Gasteiger partial charge in [-0.1, -0.05) is 51.1 Å². The molecule has 0 spiro atoms. The highest BCUT2D eigenvalue weighted by atomic mass is 32.2. The highest BCUT2D eigenvalue weighted by molar-refractivity contribution is 7.89. The molecule has 0 unspecified atom stereocenters. The zero-order chi connectivity index (χ0) is 14.5. The molecule has 0 radical (unpaired) electrons. The molecule has 0 aliphatic heterocycles. The molecule has 108 valence electrons. The Bertz CT molecular complexity index is 477. The Kier molecular flexibility index (Phi) is 5.52. The minimum Gasteiger partial charge on any atom is -0.391 e. The molecule has 0 amide bonds.